The van der Waals surface area contributed by atoms with Crippen LogP contribution in [0, 0.1) is 0 Å². The van der Waals surface area contributed by atoms with Crippen LogP contribution in [0.2, 0.25) is 0 Å². The molecule has 0 saturated carbocycles. The van der Waals surface area contributed by atoms with Crippen LogP contribution in [0.1, 0.15) is 194 Å². The van der Waals surface area contributed by atoms with Crippen LogP contribution in [0.4, 0.5) is 17.8 Å². The number of unbranched alkanes of at least 4 members (excludes halogenated alkanes) is 21. The Morgan fingerprint density at radius 3 is 0.784 bits per heavy atom. The van der Waals surface area contributed by atoms with Crippen molar-refractivity contribution in [3.63, 3.8) is 0 Å². The van der Waals surface area contributed by atoms with E-state index in [2.05, 4.69) is 51.7 Å². The standard InChI is InChI=1S/C39H72N6O6/c1-4-7-10-13-16-19-22-25-28-31(34(46)47)40-37-43-38(41-32(35(48)49)29-26-23-20-17-14-11-8-5-2)45-39(44-37)42-33(36(50)51)30-27-24-21-18-15-12-9-6-3/h31-33H,4-30H2,1-3H3,(H,46,47)(H,48,49)(H,50,51)(H3,40,41,42,43,44,45). The predicted molar refractivity (Wildman–Crippen MR) is 207 cm³/mol. The summed E-state index contributed by atoms with van der Waals surface area (Å²) in [6, 6.07) is -2.89. The zero-order valence-electron chi connectivity index (χ0n) is 32.2. The molecule has 0 spiro atoms. The van der Waals surface area contributed by atoms with Crippen molar-refractivity contribution in [1.29, 1.82) is 0 Å². The average molecular weight is 721 g/mol. The van der Waals surface area contributed by atoms with Gasteiger partial charge in [0.1, 0.15) is 18.1 Å². The van der Waals surface area contributed by atoms with Gasteiger partial charge < -0.3 is 31.3 Å². The van der Waals surface area contributed by atoms with Crippen molar-refractivity contribution in [3.05, 3.63) is 0 Å². The lowest BCUT2D eigenvalue weighted by Gasteiger charge is -2.19. The van der Waals surface area contributed by atoms with E-state index in [4.69, 9.17) is 0 Å². The Balaban J connectivity index is 3.00. The highest BCUT2D eigenvalue weighted by Crippen LogP contribution is 2.19. The van der Waals surface area contributed by atoms with Gasteiger partial charge in [0.2, 0.25) is 17.8 Å². The molecule has 1 aromatic rings. The minimum atomic E-state index is -1.04. The van der Waals surface area contributed by atoms with Crippen molar-refractivity contribution < 1.29 is 29.7 Å². The molecule has 0 saturated heterocycles. The summed E-state index contributed by atoms with van der Waals surface area (Å²) in [7, 11) is 0. The molecule has 0 amide bonds. The van der Waals surface area contributed by atoms with Gasteiger partial charge >= 0.3 is 17.9 Å². The number of nitrogens with one attached hydrogen (secondary N) is 3. The lowest BCUT2D eigenvalue weighted by atomic mass is 10.0. The van der Waals surface area contributed by atoms with Crippen LogP contribution < -0.4 is 16.0 Å². The van der Waals surface area contributed by atoms with Gasteiger partial charge in [-0.25, -0.2) is 14.4 Å². The number of carbonyl (C=O) groups is 3. The van der Waals surface area contributed by atoms with Crippen molar-refractivity contribution in [2.45, 2.75) is 212 Å². The number of carboxylic acid groups (broad SMARTS) is 3. The molecule has 0 aliphatic rings. The summed E-state index contributed by atoms with van der Waals surface area (Å²) < 4.78 is 0. The SMILES string of the molecule is CCCCCCCCCCC(Nc1nc(NC(CCCCCCCCCC)C(=O)O)nc(NC(CCCCCCCCCC)C(=O)O)n1)C(=O)O. The monoisotopic (exact) mass is 721 g/mol. The Morgan fingerprint density at radius 2 is 0.588 bits per heavy atom. The smallest absolute Gasteiger partial charge is 0.326 e. The highest BCUT2D eigenvalue weighted by molar-refractivity contribution is 5.78. The number of anilines is 3. The van der Waals surface area contributed by atoms with E-state index in [1.54, 1.807) is 0 Å². The Kier molecular flexibility index (Phi) is 27.4. The molecule has 1 heterocycles. The zero-order valence-corrected chi connectivity index (χ0v) is 32.2. The van der Waals surface area contributed by atoms with Gasteiger partial charge in [0.15, 0.2) is 0 Å². The third-order valence-corrected chi connectivity index (χ3v) is 9.48. The van der Waals surface area contributed by atoms with E-state index in [9.17, 15) is 29.7 Å². The molecule has 1 aromatic heterocycles. The van der Waals surface area contributed by atoms with Crippen molar-refractivity contribution in [2.24, 2.45) is 0 Å². The maximum Gasteiger partial charge on any atom is 0.326 e. The number of hydrogen-bond donors (Lipinski definition) is 6. The van der Waals surface area contributed by atoms with E-state index in [-0.39, 0.29) is 17.8 Å². The average Bonchev–Trinajstić information content (AvgIpc) is 3.09. The third kappa shape index (κ3) is 23.8. The van der Waals surface area contributed by atoms with Crippen molar-refractivity contribution in [2.75, 3.05) is 16.0 Å². The van der Waals surface area contributed by atoms with Crippen LogP contribution in [-0.2, 0) is 14.4 Å². The summed E-state index contributed by atoms with van der Waals surface area (Å²) in [5.74, 6) is -3.27. The first kappa shape index (κ1) is 45.8. The van der Waals surface area contributed by atoms with Crippen molar-refractivity contribution >= 4 is 35.8 Å². The second kappa shape index (κ2) is 30.4. The number of aliphatic carboxylic acids is 3. The van der Waals surface area contributed by atoms with Gasteiger partial charge in [-0.1, -0.05) is 175 Å². The van der Waals surface area contributed by atoms with E-state index in [1.807, 2.05) is 0 Å². The van der Waals surface area contributed by atoms with E-state index < -0.39 is 36.0 Å². The van der Waals surface area contributed by atoms with Gasteiger partial charge in [0, 0.05) is 0 Å². The maximum absolute atomic E-state index is 12.2. The first-order chi connectivity index (χ1) is 24.7. The fourth-order valence-electron chi connectivity index (χ4n) is 6.26. The fourth-order valence-corrected chi connectivity index (χ4v) is 6.26. The van der Waals surface area contributed by atoms with Gasteiger partial charge in [-0.15, -0.1) is 0 Å². The van der Waals surface area contributed by atoms with E-state index >= 15 is 0 Å². The van der Waals surface area contributed by atoms with E-state index in [1.165, 1.54) is 77.0 Å². The van der Waals surface area contributed by atoms with E-state index in [0.717, 1.165) is 77.0 Å². The summed E-state index contributed by atoms with van der Waals surface area (Å²) in [5.41, 5.74) is 0. The first-order valence-corrected chi connectivity index (χ1v) is 20.5. The molecule has 0 bridgehead atoms. The van der Waals surface area contributed by atoms with Crippen LogP contribution in [0.25, 0.3) is 0 Å². The molecule has 0 aliphatic heterocycles. The number of carboxylic acids is 3. The molecule has 0 fully saturated rings. The lowest BCUT2D eigenvalue weighted by Crippen LogP contribution is -2.33. The van der Waals surface area contributed by atoms with Gasteiger partial charge in [-0.3, -0.25) is 0 Å². The molecule has 0 radical (unpaired) electrons. The number of nitrogens with zero attached hydrogens (tertiary/aromatic N) is 3. The zero-order chi connectivity index (χ0) is 37.5. The number of rotatable bonds is 36. The van der Waals surface area contributed by atoms with Crippen LogP contribution in [0.3, 0.4) is 0 Å². The van der Waals surface area contributed by atoms with Crippen LogP contribution in [0.15, 0.2) is 0 Å². The Morgan fingerprint density at radius 1 is 0.392 bits per heavy atom. The fraction of sp³-hybridized carbons (Fsp3) is 0.846. The molecule has 12 nitrogen and oxygen atoms in total. The highest BCUT2D eigenvalue weighted by atomic mass is 16.4. The van der Waals surface area contributed by atoms with Crippen LogP contribution >= 0.6 is 0 Å². The van der Waals surface area contributed by atoms with Gasteiger partial charge in [0.05, 0.1) is 0 Å². The minimum Gasteiger partial charge on any atom is -0.480 e. The normalized spacial score (nSPS) is 13.0. The molecule has 3 unspecified atom stereocenters. The number of aromatic nitrogens is 3. The molecule has 0 aromatic carbocycles. The summed E-state index contributed by atoms with van der Waals surface area (Å²) in [6.45, 7) is 6.57. The predicted octanol–water partition coefficient (Wildman–Crippen LogP) is 10.1. The van der Waals surface area contributed by atoms with Crippen molar-refractivity contribution in [1.82, 2.24) is 15.0 Å². The highest BCUT2D eigenvalue weighted by Gasteiger charge is 2.24. The first-order valence-electron chi connectivity index (χ1n) is 20.5. The Bertz CT molecular complexity index is 920. The molecule has 0 aliphatic carbocycles. The molecule has 3 atom stereocenters. The largest absolute Gasteiger partial charge is 0.480 e. The van der Waals surface area contributed by atoms with Gasteiger partial charge in [-0.05, 0) is 19.3 Å². The molecular weight excluding hydrogens is 648 g/mol. The second-order valence-corrected chi connectivity index (χ2v) is 14.2. The summed E-state index contributed by atoms with van der Waals surface area (Å²) in [5, 5.41) is 38.7. The summed E-state index contributed by atoms with van der Waals surface area (Å²) in [4.78, 5) is 49.7. The molecule has 294 valence electrons. The molecule has 1 rings (SSSR count). The minimum absolute atomic E-state index is 0.0469. The summed E-state index contributed by atoms with van der Waals surface area (Å²) in [6.07, 6.45) is 27.2. The second-order valence-electron chi connectivity index (χ2n) is 14.2. The number of hydrogen-bond acceptors (Lipinski definition) is 9. The molecular formula is C39H72N6O6. The molecule has 6 N–H and O–H groups in total. The molecule has 51 heavy (non-hydrogen) atoms. The quantitative estimate of drug-likeness (QED) is 0.0361. The van der Waals surface area contributed by atoms with Crippen molar-refractivity contribution in [3.8, 4) is 0 Å². The van der Waals surface area contributed by atoms with Crippen LogP contribution in [-0.4, -0.2) is 66.3 Å². The van der Waals surface area contributed by atoms with Gasteiger partial charge in [-0.2, -0.15) is 15.0 Å². The Labute approximate surface area is 308 Å². The topological polar surface area (TPSA) is 187 Å². The third-order valence-electron chi connectivity index (χ3n) is 9.48. The van der Waals surface area contributed by atoms with E-state index in [0.29, 0.717) is 19.3 Å². The maximum atomic E-state index is 12.2. The van der Waals surface area contributed by atoms with Crippen LogP contribution in [0.5, 0.6) is 0 Å². The molecule has 12 heteroatoms. The lowest BCUT2D eigenvalue weighted by molar-refractivity contribution is -0.139. The Hall–Kier alpha value is -3.18. The van der Waals surface area contributed by atoms with Gasteiger partial charge in [0.25, 0.3) is 0 Å². The summed E-state index contributed by atoms with van der Waals surface area (Å²) >= 11 is 0.